The van der Waals surface area contributed by atoms with Crippen LogP contribution in [0.25, 0.3) is 20.4 Å². The van der Waals surface area contributed by atoms with Crippen LogP contribution >= 0.6 is 34.5 Å². The van der Waals surface area contributed by atoms with Gasteiger partial charge in [0, 0.05) is 23.8 Å². The lowest BCUT2D eigenvalue weighted by Crippen LogP contribution is -2.38. The molecule has 0 spiro atoms. The molecule has 4 aromatic rings. The lowest BCUT2D eigenvalue weighted by atomic mass is 9.87. The van der Waals surface area contributed by atoms with Crippen LogP contribution < -0.4 is 5.32 Å². The summed E-state index contributed by atoms with van der Waals surface area (Å²) in [6, 6.07) is 3.66. The number of hydrogen-bond acceptors (Lipinski definition) is 8. The van der Waals surface area contributed by atoms with E-state index in [1.165, 1.54) is 34.1 Å². The number of carbonyl (C=O) groups is 1. The average Bonchev–Trinajstić information content (AvgIpc) is 3.49. The fraction of sp³-hybridized carbons (Fsp3) is 0.381. The van der Waals surface area contributed by atoms with Crippen molar-refractivity contribution in [1.82, 2.24) is 24.5 Å². The van der Waals surface area contributed by atoms with Crippen molar-refractivity contribution in [2.75, 3.05) is 18.4 Å². The second-order valence-corrected chi connectivity index (χ2v) is 10.7. The molecule has 170 valence electrons. The monoisotopic (exact) mass is 506 g/mol. The van der Waals surface area contributed by atoms with Crippen molar-refractivity contribution >= 4 is 72.3 Å². The molecule has 12 heteroatoms. The molecule has 1 N–H and O–H groups in total. The van der Waals surface area contributed by atoms with Crippen molar-refractivity contribution in [1.29, 1.82) is 0 Å². The molecule has 6 rings (SSSR count). The molecule has 1 amide bonds. The lowest BCUT2D eigenvalue weighted by molar-refractivity contribution is -0.136. The first-order valence-corrected chi connectivity index (χ1v) is 12.5. The van der Waals surface area contributed by atoms with E-state index >= 15 is 0 Å². The number of likely N-dealkylation sites (tertiary alicyclic amines) is 1. The summed E-state index contributed by atoms with van der Waals surface area (Å²) in [6.07, 6.45) is 3.07. The average molecular weight is 507 g/mol. The first-order valence-electron chi connectivity index (χ1n) is 10.5. The number of halogens is 3. The van der Waals surface area contributed by atoms with Gasteiger partial charge in [0.25, 0.3) is 5.92 Å². The van der Waals surface area contributed by atoms with Crippen LogP contribution in [0.5, 0.6) is 0 Å². The maximum Gasteiger partial charge on any atom is 0.267 e. The van der Waals surface area contributed by atoms with E-state index in [2.05, 4.69) is 24.9 Å². The Morgan fingerprint density at radius 3 is 3.00 bits per heavy atom. The van der Waals surface area contributed by atoms with E-state index in [0.29, 0.717) is 35.8 Å². The minimum Gasteiger partial charge on any atom is -0.338 e. The molecule has 1 aliphatic carbocycles. The molecular formula is C21H17ClF2N6OS2. The third-order valence-electron chi connectivity index (χ3n) is 6.27. The van der Waals surface area contributed by atoms with E-state index in [0.717, 1.165) is 30.9 Å². The van der Waals surface area contributed by atoms with Crippen LogP contribution in [0.1, 0.15) is 23.3 Å². The fourth-order valence-electron chi connectivity index (χ4n) is 4.62. The third kappa shape index (κ3) is 3.71. The molecule has 0 saturated carbocycles. The fourth-order valence-corrected chi connectivity index (χ4v) is 6.68. The molecule has 1 atom stereocenters. The van der Waals surface area contributed by atoms with Crippen molar-refractivity contribution in [2.45, 2.75) is 31.6 Å². The quantitative estimate of drug-likeness (QED) is 0.418. The Morgan fingerprint density at radius 2 is 2.18 bits per heavy atom. The predicted octanol–water partition coefficient (Wildman–Crippen LogP) is 5.07. The third-order valence-corrected chi connectivity index (χ3v) is 8.43. The van der Waals surface area contributed by atoms with Crippen LogP contribution in [0.2, 0.25) is 5.02 Å². The topological polar surface area (TPSA) is 83.9 Å². The second kappa shape index (κ2) is 7.78. The summed E-state index contributed by atoms with van der Waals surface area (Å²) in [7, 11) is 0. The minimum absolute atomic E-state index is 0.127. The summed E-state index contributed by atoms with van der Waals surface area (Å²) in [5.74, 6) is -2.57. The van der Waals surface area contributed by atoms with Crippen molar-refractivity contribution < 1.29 is 13.6 Å². The predicted molar refractivity (Wildman–Crippen MR) is 125 cm³/mol. The Morgan fingerprint density at radius 1 is 1.30 bits per heavy atom. The molecule has 2 aliphatic rings. The van der Waals surface area contributed by atoms with Gasteiger partial charge < -0.3 is 10.2 Å². The molecular weight excluding hydrogens is 490 g/mol. The number of benzene rings is 1. The van der Waals surface area contributed by atoms with E-state index in [-0.39, 0.29) is 24.8 Å². The maximum absolute atomic E-state index is 13.6. The Hall–Kier alpha value is -2.50. The zero-order valence-corrected chi connectivity index (χ0v) is 19.5. The van der Waals surface area contributed by atoms with Crippen LogP contribution in [0, 0.1) is 5.92 Å². The Bertz CT molecular complexity index is 1410. The standard InChI is InChI=1S/C21H17ClF2N6OS2/c22-12-6-14-16(33-29-28-14)7-13(12)27-18-17-11-2-1-10(5-15(11)32-19(17)26-9-25-18)20(31)30-4-3-21(23,24)8-30/h6-7,9-10H,1-5,8H2,(H,25,26,27)/t10-/m0/s1. The number of aryl methyl sites for hydroxylation is 1. The van der Waals surface area contributed by atoms with E-state index in [9.17, 15) is 13.6 Å². The summed E-state index contributed by atoms with van der Waals surface area (Å²) < 4.78 is 32.0. The lowest BCUT2D eigenvalue weighted by Gasteiger charge is -2.26. The molecule has 7 nitrogen and oxygen atoms in total. The van der Waals surface area contributed by atoms with Crippen molar-refractivity contribution in [2.24, 2.45) is 5.92 Å². The van der Waals surface area contributed by atoms with Crippen LogP contribution in [0.15, 0.2) is 18.5 Å². The SMILES string of the molecule is O=C([C@H]1CCc2c(sc3ncnc(Nc4cc5snnc5cc4Cl)c23)C1)N1CCC(F)(F)C1. The van der Waals surface area contributed by atoms with Crippen molar-refractivity contribution in [3.05, 3.63) is 33.9 Å². The number of alkyl halides is 2. The number of nitrogens with zero attached hydrogens (tertiary/aromatic N) is 5. The van der Waals surface area contributed by atoms with Gasteiger partial charge in [-0.2, -0.15) is 0 Å². The largest absolute Gasteiger partial charge is 0.338 e. The maximum atomic E-state index is 13.6. The van der Waals surface area contributed by atoms with Crippen LogP contribution in [0.3, 0.4) is 0 Å². The van der Waals surface area contributed by atoms with E-state index in [1.807, 2.05) is 6.07 Å². The normalized spacial score (nSPS) is 19.8. The molecule has 1 aromatic carbocycles. The highest BCUT2D eigenvalue weighted by atomic mass is 35.5. The Kier molecular flexibility index (Phi) is 4.96. The van der Waals surface area contributed by atoms with Gasteiger partial charge in [0.2, 0.25) is 5.91 Å². The molecule has 1 fully saturated rings. The van der Waals surface area contributed by atoms with Gasteiger partial charge in [-0.05, 0) is 48.5 Å². The number of anilines is 2. The van der Waals surface area contributed by atoms with Crippen LogP contribution in [0.4, 0.5) is 20.3 Å². The molecule has 4 heterocycles. The van der Waals surface area contributed by atoms with Crippen LogP contribution in [-0.2, 0) is 17.6 Å². The number of nitrogens with one attached hydrogen (secondary N) is 1. The number of fused-ring (bicyclic) bond motifs is 4. The van der Waals surface area contributed by atoms with Gasteiger partial charge >= 0.3 is 0 Å². The van der Waals surface area contributed by atoms with Gasteiger partial charge in [-0.25, -0.2) is 18.7 Å². The summed E-state index contributed by atoms with van der Waals surface area (Å²) in [4.78, 5) is 25.0. The van der Waals surface area contributed by atoms with E-state index in [1.54, 1.807) is 6.07 Å². The van der Waals surface area contributed by atoms with Gasteiger partial charge in [-0.15, -0.1) is 16.4 Å². The smallest absolute Gasteiger partial charge is 0.267 e. The first kappa shape index (κ1) is 21.1. The number of thiophene rings is 1. The van der Waals surface area contributed by atoms with Gasteiger partial charge in [-0.1, -0.05) is 16.1 Å². The molecule has 0 radical (unpaired) electrons. The molecule has 0 unspecified atom stereocenters. The van der Waals surface area contributed by atoms with Gasteiger partial charge in [0.1, 0.15) is 22.5 Å². The highest BCUT2D eigenvalue weighted by molar-refractivity contribution is 7.19. The molecule has 3 aromatic heterocycles. The number of aromatic nitrogens is 4. The number of hydrogen-bond donors (Lipinski definition) is 1. The van der Waals surface area contributed by atoms with Crippen LogP contribution in [-0.4, -0.2) is 49.4 Å². The molecule has 0 bridgehead atoms. The second-order valence-electron chi connectivity index (χ2n) is 8.41. The van der Waals surface area contributed by atoms with Crippen molar-refractivity contribution in [3.8, 4) is 0 Å². The minimum atomic E-state index is -2.78. The Balaban J connectivity index is 1.30. The summed E-state index contributed by atoms with van der Waals surface area (Å²) in [6.45, 7) is -0.344. The molecule has 1 aliphatic heterocycles. The van der Waals surface area contributed by atoms with Gasteiger partial charge in [0.05, 0.1) is 27.3 Å². The first-order chi connectivity index (χ1) is 15.9. The van der Waals surface area contributed by atoms with Crippen molar-refractivity contribution in [3.63, 3.8) is 0 Å². The van der Waals surface area contributed by atoms with E-state index < -0.39 is 12.5 Å². The summed E-state index contributed by atoms with van der Waals surface area (Å²) in [5.41, 5.74) is 2.56. The highest BCUT2D eigenvalue weighted by Gasteiger charge is 2.42. The van der Waals surface area contributed by atoms with Gasteiger partial charge in [0.15, 0.2) is 0 Å². The van der Waals surface area contributed by atoms with E-state index in [4.69, 9.17) is 11.6 Å². The highest BCUT2D eigenvalue weighted by Crippen LogP contribution is 2.42. The number of amides is 1. The summed E-state index contributed by atoms with van der Waals surface area (Å²) >= 11 is 9.28. The Labute approximate surface area is 199 Å². The number of rotatable bonds is 3. The van der Waals surface area contributed by atoms with Gasteiger partial charge in [-0.3, -0.25) is 4.79 Å². The zero-order chi connectivity index (χ0) is 22.7. The zero-order valence-electron chi connectivity index (χ0n) is 17.1. The molecule has 1 saturated heterocycles. The summed E-state index contributed by atoms with van der Waals surface area (Å²) in [5, 5.41) is 8.82. The molecule has 33 heavy (non-hydrogen) atoms. The number of carbonyl (C=O) groups excluding carboxylic acids is 1.